The van der Waals surface area contributed by atoms with Gasteiger partial charge in [-0.05, 0) is 63.4 Å². The summed E-state index contributed by atoms with van der Waals surface area (Å²) in [5.74, 6) is 0.285. The van der Waals surface area contributed by atoms with Crippen molar-refractivity contribution in [2.45, 2.75) is 51.7 Å². The van der Waals surface area contributed by atoms with Gasteiger partial charge in [-0.1, -0.05) is 11.6 Å². The molecule has 33 heavy (non-hydrogen) atoms. The predicted molar refractivity (Wildman–Crippen MR) is 126 cm³/mol. The van der Waals surface area contributed by atoms with Gasteiger partial charge < -0.3 is 4.74 Å². The van der Waals surface area contributed by atoms with Gasteiger partial charge in [0, 0.05) is 46.4 Å². The van der Waals surface area contributed by atoms with Crippen molar-refractivity contribution in [1.82, 2.24) is 24.7 Å². The van der Waals surface area contributed by atoms with Crippen LogP contribution in [-0.4, -0.2) is 30.8 Å². The number of nitrogens with zero attached hydrogens (tertiary/aromatic N) is 5. The molecule has 1 fully saturated rings. The van der Waals surface area contributed by atoms with Crippen LogP contribution in [0.3, 0.4) is 0 Å². The number of hydrogen-bond donors (Lipinski definition) is 0. The van der Waals surface area contributed by atoms with E-state index in [9.17, 15) is 4.39 Å². The number of rotatable bonds is 3. The van der Waals surface area contributed by atoms with E-state index in [1.165, 1.54) is 6.07 Å². The summed E-state index contributed by atoms with van der Waals surface area (Å²) < 4.78 is 23.0. The molecule has 6 nitrogen and oxygen atoms in total. The molecule has 0 bridgehead atoms. The minimum Gasteiger partial charge on any atom is -0.370 e. The summed E-state index contributed by atoms with van der Waals surface area (Å²) in [6, 6.07) is 6.64. The van der Waals surface area contributed by atoms with Crippen molar-refractivity contribution in [2.24, 2.45) is 7.05 Å². The predicted octanol–water partition coefficient (Wildman–Crippen LogP) is 5.86. The summed E-state index contributed by atoms with van der Waals surface area (Å²) >= 11 is 6.01. The van der Waals surface area contributed by atoms with E-state index in [-0.39, 0.29) is 18.1 Å². The van der Waals surface area contributed by atoms with Gasteiger partial charge in [-0.25, -0.2) is 19.3 Å². The van der Waals surface area contributed by atoms with E-state index in [1.54, 1.807) is 16.8 Å². The number of aryl methyl sites for hydroxylation is 3. The van der Waals surface area contributed by atoms with Crippen LogP contribution in [0.2, 0.25) is 5.02 Å². The second-order valence-electron chi connectivity index (χ2n) is 8.87. The number of pyridine rings is 1. The van der Waals surface area contributed by atoms with E-state index in [2.05, 4.69) is 12.0 Å². The lowest BCUT2D eigenvalue weighted by atomic mass is 9.89. The summed E-state index contributed by atoms with van der Waals surface area (Å²) in [6.07, 6.45) is 5.23. The highest BCUT2D eigenvalue weighted by Gasteiger charge is 2.32. The zero-order valence-electron chi connectivity index (χ0n) is 19.0. The van der Waals surface area contributed by atoms with Crippen LogP contribution in [0.1, 0.15) is 54.4 Å². The molecule has 0 aliphatic carbocycles. The van der Waals surface area contributed by atoms with Crippen molar-refractivity contribution in [1.29, 1.82) is 0 Å². The summed E-state index contributed by atoms with van der Waals surface area (Å²) in [7, 11) is 1.89. The van der Waals surface area contributed by atoms with Gasteiger partial charge in [0.1, 0.15) is 11.6 Å². The summed E-state index contributed by atoms with van der Waals surface area (Å²) in [4.78, 5) is 14.5. The molecule has 3 aromatic heterocycles. The van der Waals surface area contributed by atoms with Gasteiger partial charge >= 0.3 is 0 Å². The maximum Gasteiger partial charge on any atom is 0.163 e. The molecule has 3 atom stereocenters. The minimum absolute atomic E-state index is 0.0247. The molecule has 8 heteroatoms. The summed E-state index contributed by atoms with van der Waals surface area (Å²) in [5.41, 5.74) is 4.43. The maximum absolute atomic E-state index is 15.0. The molecule has 1 aliphatic heterocycles. The van der Waals surface area contributed by atoms with Crippen molar-refractivity contribution in [3.63, 3.8) is 0 Å². The zero-order chi connectivity index (χ0) is 23.3. The topological polar surface area (TPSA) is 65.7 Å². The van der Waals surface area contributed by atoms with E-state index in [1.807, 2.05) is 39.4 Å². The van der Waals surface area contributed by atoms with E-state index >= 15 is 0 Å². The monoisotopic (exact) mass is 465 g/mol. The van der Waals surface area contributed by atoms with Crippen LogP contribution in [0.15, 0.2) is 36.7 Å². The first kappa shape index (κ1) is 21.9. The molecule has 0 amide bonds. The average Bonchev–Trinajstić information content (AvgIpc) is 3.20. The fraction of sp³-hybridized carbons (Fsp3) is 0.360. The number of benzene rings is 1. The van der Waals surface area contributed by atoms with Gasteiger partial charge in [-0.3, -0.25) is 4.68 Å². The number of halogens is 2. The molecule has 1 aliphatic rings. The molecule has 5 rings (SSSR count). The second-order valence-corrected chi connectivity index (χ2v) is 9.30. The largest absolute Gasteiger partial charge is 0.370 e. The maximum atomic E-state index is 15.0. The molecule has 1 saturated heterocycles. The highest BCUT2D eigenvalue weighted by atomic mass is 35.5. The Morgan fingerprint density at radius 1 is 1.12 bits per heavy atom. The van der Waals surface area contributed by atoms with Gasteiger partial charge in [0.25, 0.3) is 0 Å². The van der Waals surface area contributed by atoms with Crippen LogP contribution < -0.4 is 0 Å². The Kier molecular flexibility index (Phi) is 5.62. The lowest BCUT2D eigenvalue weighted by molar-refractivity contribution is -0.0511. The first-order chi connectivity index (χ1) is 15.8. The van der Waals surface area contributed by atoms with Crippen LogP contribution in [0, 0.1) is 19.7 Å². The Balaban J connectivity index is 1.64. The van der Waals surface area contributed by atoms with Gasteiger partial charge in [0.2, 0.25) is 0 Å². The smallest absolute Gasteiger partial charge is 0.163 e. The van der Waals surface area contributed by atoms with E-state index in [0.29, 0.717) is 27.8 Å². The third kappa shape index (κ3) is 4.23. The highest BCUT2D eigenvalue weighted by molar-refractivity contribution is 6.30. The number of hydrogen-bond acceptors (Lipinski definition) is 5. The Morgan fingerprint density at radius 3 is 2.67 bits per heavy atom. The van der Waals surface area contributed by atoms with Crippen LogP contribution in [0.4, 0.5) is 4.39 Å². The molecule has 4 heterocycles. The summed E-state index contributed by atoms with van der Waals surface area (Å²) in [6.45, 7) is 5.99. The third-order valence-electron chi connectivity index (χ3n) is 6.31. The van der Waals surface area contributed by atoms with Crippen molar-refractivity contribution in [3.05, 3.63) is 70.1 Å². The van der Waals surface area contributed by atoms with Crippen molar-refractivity contribution < 1.29 is 9.13 Å². The zero-order valence-corrected chi connectivity index (χ0v) is 19.8. The quantitative estimate of drug-likeness (QED) is 0.379. The second kappa shape index (κ2) is 8.47. The molecule has 4 aromatic rings. The van der Waals surface area contributed by atoms with Crippen molar-refractivity contribution in [3.8, 4) is 11.3 Å². The fourth-order valence-corrected chi connectivity index (χ4v) is 4.67. The molecule has 0 radical (unpaired) electrons. The molecular formula is C25H25ClFN5O. The number of aromatic nitrogens is 5. The molecule has 0 saturated carbocycles. The van der Waals surface area contributed by atoms with E-state index in [4.69, 9.17) is 31.3 Å². The normalized spacial score (nSPS) is 21.0. The molecular weight excluding hydrogens is 441 g/mol. The van der Waals surface area contributed by atoms with E-state index < -0.39 is 5.82 Å². The molecule has 0 spiro atoms. The van der Waals surface area contributed by atoms with Gasteiger partial charge in [0.05, 0.1) is 24.1 Å². The molecule has 170 valence electrons. The SMILES string of the molecule is Cc1cc2c(-c3ccc(Cl)cc3F)nc([C@@H]3C[C@@H](c4cnn(C)c4)O[C@@H](C)C3)nc2nc1C. The van der Waals surface area contributed by atoms with Crippen molar-refractivity contribution in [2.75, 3.05) is 0 Å². The Hall–Kier alpha value is -2.90. The van der Waals surface area contributed by atoms with Gasteiger partial charge in [-0.15, -0.1) is 0 Å². The third-order valence-corrected chi connectivity index (χ3v) is 6.54. The van der Waals surface area contributed by atoms with Gasteiger partial charge in [0.15, 0.2) is 5.65 Å². The average molecular weight is 466 g/mol. The number of fused-ring (bicyclic) bond motifs is 1. The van der Waals surface area contributed by atoms with Crippen LogP contribution in [0.5, 0.6) is 0 Å². The Labute approximate surface area is 196 Å². The fourth-order valence-electron chi connectivity index (χ4n) is 4.51. The van der Waals surface area contributed by atoms with Crippen LogP contribution in [-0.2, 0) is 11.8 Å². The van der Waals surface area contributed by atoms with Gasteiger partial charge in [-0.2, -0.15) is 5.10 Å². The Morgan fingerprint density at radius 2 is 1.94 bits per heavy atom. The first-order valence-electron chi connectivity index (χ1n) is 11.0. The lowest BCUT2D eigenvalue weighted by Gasteiger charge is -2.33. The first-order valence-corrected chi connectivity index (χ1v) is 11.4. The number of ether oxygens (including phenoxy) is 1. The van der Waals surface area contributed by atoms with Crippen molar-refractivity contribution >= 4 is 22.6 Å². The molecule has 1 aromatic carbocycles. The minimum atomic E-state index is -0.416. The van der Waals surface area contributed by atoms with E-state index in [0.717, 1.165) is 35.0 Å². The molecule has 0 N–H and O–H groups in total. The lowest BCUT2D eigenvalue weighted by Crippen LogP contribution is -2.26. The van der Waals surface area contributed by atoms with Crippen LogP contribution >= 0.6 is 11.6 Å². The summed E-state index contributed by atoms with van der Waals surface area (Å²) in [5, 5.41) is 5.36. The van der Waals surface area contributed by atoms with Crippen LogP contribution in [0.25, 0.3) is 22.3 Å². The molecule has 0 unspecified atom stereocenters. The standard InChI is InChI=1S/C25H25ClFN5O/c1-13-7-20-23(19-6-5-18(26)10-21(19)27)30-24(31-25(20)29-15(13)3)16-8-14(2)33-22(9-16)17-11-28-32(4)12-17/h5-7,10-12,14,16,22H,8-9H2,1-4H3/t14-,16-,22-/m0/s1. The highest BCUT2D eigenvalue weighted by Crippen LogP contribution is 2.40. The Bertz CT molecular complexity index is 1350.